The van der Waals surface area contributed by atoms with Crippen LogP contribution >= 0.6 is 0 Å². The Balaban J connectivity index is 1.77. The van der Waals surface area contributed by atoms with Crippen LogP contribution in [0, 0.1) is 17.3 Å². The Hall–Kier alpha value is -0.120. The summed E-state index contributed by atoms with van der Waals surface area (Å²) in [5, 5.41) is 9.58. The molecule has 1 N–H and O–H groups in total. The molecule has 1 aliphatic carbocycles. The van der Waals surface area contributed by atoms with Crippen LogP contribution in [0.4, 0.5) is 0 Å². The molecule has 1 aliphatic heterocycles. The van der Waals surface area contributed by atoms with Gasteiger partial charge in [0.25, 0.3) is 0 Å². The number of rotatable bonds is 5. The normalized spacial score (nSPS) is 35.5. The molecular weight excluding hydrogens is 212 g/mol. The quantitative estimate of drug-likeness (QED) is 0.784. The van der Waals surface area contributed by atoms with Gasteiger partial charge in [-0.05, 0) is 24.8 Å². The first kappa shape index (κ1) is 13.3. The van der Waals surface area contributed by atoms with Gasteiger partial charge in [-0.3, -0.25) is 0 Å². The van der Waals surface area contributed by atoms with Gasteiger partial charge < -0.3 is 14.9 Å². The molecular formula is C14H28N2O. The first-order chi connectivity index (χ1) is 8.12. The van der Waals surface area contributed by atoms with E-state index < -0.39 is 0 Å². The minimum Gasteiger partial charge on any atom is -0.396 e. The predicted molar refractivity (Wildman–Crippen MR) is 71.0 cm³/mol. The Morgan fingerprint density at radius 2 is 1.76 bits per heavy atom. The zero-order valence-corrected chi connectivity index (χ0v) is 11.7. The second-order valence-corrected chi connectivity index (χ2v) is 6.18. The molecule has 3 heteroatoms. The Morgan fingerprint density at radius 1 is 1.18 bits per heavy atom. The van der Waals surface area contributed by atoms with Crippen molar-refractivity contribution >= 4 is 0 Å². The summed E-state index contributed by atoms with van der Waals surface area (Å²) in [6, 6.07) is 0. The van der Waals surface area contributed by atoms with Crippen LogP contribution in [0.15, 0.2) is 0 Å². The molecule has 100 valence electrons. The first-order valence-electron chi connectivity index (χ1n) is 7.18. The highest BCUT2D eigenvalue weighted by Crippen LogP contribution is 2.57. The van der Waals surface area contributed by atoms with E-state index in [1.165, 1.54) is 45.7 Å². The molecule has 0 radical (unpaired) electrons. The van der Waals surface area contributed by atoms with Crippen molar-refractivity contribution in [2.45, 2.75) is 27.2 Å². The number of piperazine rings is 1. The Bertz CT molecular complexity index is 249. The van der Waals surface area contributed by atoms with Gasteiger partial charge in [0.2, 0.25) is 0 Å². The molecule has 0 spiro atoms. The summed E-state index contributed by atoms with van der Waals surface area (Å²) in [5.74, 6) is 1.36. The Kier molecular flexibility index (Phi) is 4.11. The molecule has 1 saturated heterocycles. The summed E-state index contributed by atoms with van der Waals surface area (Å²) in [5.41, 5.74) is 0.252. The van der Waals surface area contributed by atoms with Crippen LogP contribution < -0.4 is 0 Å². The molecule has 0 aromatic rings. The summed E-state index contributed by atoms with van der Waals surface area (Å²) < 4.78 is 0. The Morgan fingerprint density at radius 3 is 2.18 bits per heavy atom. The van der Waals surface area contributed by atoms with Crippen LogP contribution in [-0.2, 0) is 0 Å². The minimum atomic E-state index is 0.252. The van der Waals surface area contributed by atoms with Gasteiger partial charge in [-0.15, -0.1) is 0 Å². The SMILES string of the molecule is CCN1CCN(CC2CC2(CO)C(C)C)CC1. The predicted octanol–water partition coefficient (Wildman–Crippen LogP) is 1.28. The van der Waals surface area contributed by atoms with Gasteiger partial charge >= 0.3 is 0 Å². The zero-order valence-electron chi connectivity index (χ0n) is 11.7. The average molecular weight is 240 g/mol. The topological polar surface area (TPSA) is 26.7 Å². The third kappa shape index (κ3) is 2.67. The average Bonchev–Trinajstić information content (AvgIpc) is 3.05. The number of hydrogen-bond acceptors (Lipinski definition) is 3. The maximum Gasteiger partial charge on any atom is 0.0493 e. The summed E-state index contributed by atoms with van der Waals surface area (Å²) in [7, 11) is 0. The van der Waals surface area contributed by atoms with Crippen LogP contribution in [0.1, 0.15) is 27.2 Å². The van der Waals surface area contributed by atoms with Crippen LogP contribution in [0.3, 0.4) is 0 Å². The number of aliphatic hydroxyl groups is 1. The standard InChI is InChI=1S/C14H28N2O/c1-4-15-5-7-16(8-6-15)10-13-9-14(13,11-17)12(2)3/h12-13,17H,4-11H2,1-3H3. The summed E-state index contributed by atoms with van der Waals surface area (Å²) >= 11 is 0. The smallest absolute Gasteiger partial charge is 0.0493 e. The van der Waals surface area contributed by atoms with Crippen molar-refractivity contribution in [1.82, 2.24) is 9.80 Å². The van der Waals surface area contributed by atoms with E-state index in [1.807, 2.05) is 0 Å². The van der Waals surface area contributed by atoms with Gasteiger partial charge in [-0.25, -0.2) is 0 Å². The van der Waals surface area contributed by atoms with E-state index in [-0.39, 0.29) is 5.41 Å². The maximum absolute atomic E-state index is 9.58. The second-order valence-electron chi connectivity index (χ2n) is 6.18. The van der Waals surface area contributed by atoms with Crippen molar-refractivity contribution in [1.29, 1.82) is 0 Å². The van der Waals surface area contributed by atoms with Crippen LogP contribution in [0.5, 0.6) is 0 Å². The van der Waals surface area contributed by atoms with Crippen molar-refractivity contribution in [3.05, 3.63) is 0 Å². The lowest BCUT2D eigenvalue weighted by Crippen LogP contribution is -2.47. The van der Waals surface area contributed by atoms with Gasteiger partial charge in [0, 0.05) is 44.7 Å². The number of nitrogens with zero attached hydrogens (tertiary/aromatic N) is 2. The molecule has 2 fully saturated rings. The lowest BCUT2D eigenvalue weighted by Gasteiger charge is -2.34. The van der Waals surface area contributed by atoms with Gasteiger partial charge in [0.15, 0.2) is 0 Å². The third-order valence-electron chi connectivity index (χ3n) is 5.11. The molecule has 0 aromatic heterocycles. The number of aliphatic hydroxyl groups excluding tert-OH is 1. The van der Waals surface area contributed by atoms with E-state index in [0.29, 0.717) is 12.5 Å². The van der Waals surface area contributed by atoms with Crippen molar-refractivity contribution in [2.75, 3.05) is 45.9 Å². The summed E-state index contributed by atoms with van der Waals surface area (Å²) in [6.45, 7) is 14.4. The molecule has 0 aromatic carbocycles. The molecule has 2 rings (SSSR count). The molecule has 0 amide bonds. The fraction of sp³-hybridized carbons (Fsp3) is 1.00. The van der Waals surface area contributed by atoms with E-state index in [9.17, 15) is 5.11 Å². The minimum absolute atomic E-state index is 0.252. The maximum atomic E-state index is 9.58. The van der Waals surface area contributed by atoms with Gasteiger partial charge in [0.05, 0.1) is 0 Å². The Labute approximate surface area is 106 Å². The van der Waals surface area contributed by atoms with E-state index in [0.717, 1.165) is 5.92 Å². The molecule has 2 unspecified atom stereocenters. The van der Waals surface area contributed by atoms with Crippen molar-refractivity contribution in [3.8, 4) is 0 Å². The molecule has 1 heterocycles. The summed E-state index contributed by atoms with van der Waals surface area (Å²) in [6.07, 6.45) is 1.23. The largest absolute Gasteiger partial charge is 0.396 e. The molecule has 17 heavy (non-hydrogen) atoms. The lowest BCUT2D eigenvalue weighted by atomic mass is 9.90. The van der Waals surface area contributed by atoms with E-state index in [1.54, 1.807) is 0 Å². The second kappa shape index (κ2) is 5.25. The van der Waals surface area contributed by atoms with Crippen molar-refractivity contribution in [2.24, 2.45) is 17.3 Å². The van der Waals surface area contributed by atoms with E-state index in [2.05, 4.69) is 30.6 Å². The van der Waals surface area contributed by atoms with Crippen molar-refractivity contribution < 1.29 is 5.11 Å². The fourth-order valence-electron chi connectivity index (χ4n) is 3.33. The molecule has 0 bridgehead atoms. The van der Waals surface area contributed by atoms with E-state index in [4.69, 9.17) is 0 Å². The van der Waals surface area contributed by atoms with Crippen molar-refractivity contribution in [3.63, 3.8) is 0 Å². The highest BCUT2D eigenvalue weighted by Gasteiger charge is 2.55. The molecule has 1 saturated carbocycles. The number of hydrogen-bond donors (Lipinski definition) is 1. The van der Waals surface area contributed by atoms with Crippen LogP contribution in [0.2, 0.25) is 0 Å². The van der Waals surface area contributed by atoms with E-state index >= 15 is 0 Å². The van der Waals surface area contributed by atoms with Crippen LogP contribution in [0.25, 0.3) is 0 Å². The molecule has 3 nitrogen and oxygen atoms in total. The van der Waals surface area contributed by atoms with Gasteiger partial charge in [-0.1, -0.05) is 20.8 Å². The highest BCUT2D eigenvalue weighted by atomic mass is 16.3. The number of likely N-dealkylation sites (N-methyl/N-ethyl adjacent to an activating group) is 1. The van der Waals surface area contributed by atoms with Crippen LogP contribution in [-0.4, -0.2) is 60.8 Å². The summed E-state index contributed by atoms with van der Waals surface area (Å²) in [4.78, 5) is 5.11. The zero-order chi connectivity index (χ0) is 12.5. The monoisotopic (exact) mass is 240 g/mol. The molecule has 2 aliphatic rings. The third-order valence-corrected chi connectivity index (χ3v) is 5.11. The van der Waals surface area contributed by atoms with Gasteiger partial charge in [0.1, 0.15) is 0 Å². The molecule has 2 atom stereocenters. The highest BCUT2D eigenvalue weighted by molar-refractivity contribution is 5.05. The first-order valence-corrected chi connectivity index (χ1v) is 7.18. The van der Waals surface area contributed by atoms with Gasteiger partial charge in [-0.2, -0.15) is 0 Å². The fourth-order valence-corrected chi connectivity index (χ4v) is 3.33. The lowest BCUT2D eigenvalue weighted by molar-refractivity contribution is 0.109.